The van der Waals surface area contributed by atoms with E-state index in [0.29, 0.717) is 19.5 Å². The highest BCUT2D eigenvalue weighted by molar-refractivity contribution is 9.10. The van der Waals surface area contributed by atoms with Crippen molar-refractivity contribution in [3.05, 3.63) is 47.1 Å². The second-order valence-electron chi connectivity index (χ2n) is 11.1. The molecule has 2 aromatic rings. The maximum absolute atomic E-state index is 13.5. The zero-order valence-corrected chi connectivity index (χ0v) is 23.1. The summed E-state index contributed by atoms with van der Waals surface area (Å²) in [5.41, 5.74) is 2.10. The molecule has 1 unspecified atom stereocenters. The molecule has 1 N–H and O–H groups in total. The number of carbonyl (C=O) groups excluding carboxylic acids is 3. The van der Waals surface area contributed by atoms with Gasteiger partial charge in [0.15, 0.2) is 0 Å². The Kier molecular flexibility index (Phi) is 7.45. The Balaban J connectivity index is 1.27. The molecule has 3 amide bonds. The zero-order valence-electron chi connectivity index (χ0n) is 21.5. The SMILES string of the molecule is C=CC(=O)N1CC(NC(=O)Cn2cc(CC(=O)N3CCCC4(CCCN(C)C4)C3)c3cc(Br)ccc32)C1. The van der Waals surface area contributed by atoms with Crippen LogP contribution in [0.5, 0.6) is 0 Å². The van der Waals surface area contributed by atoms with Crippen molar-refractivity contribution in [1.29, 1.82) is 0 Å². The van der Waals surface area contributed by atoms with Crippen LogP contribution in [-0.4, -0.2) is 89.3 Å². The summed E-state index contributed by atoms with van der Waals surface area (Å²) in [6.45, 7) is 8.55. The summed E-state index contributed by atoms with van der Waals surface area (Å²) in [6, 6.07) is 5.94. The van der Waals surface area contributed by atoms with Crippen LogP contribution in [0.25, 0.3) is 10.9 Å². The molecule has 1 spiro atoms. The van der Waals surface area contributed by atoms with Gasteiger partial charge in [-0.15, -0.1) is 0 Å². The first-order valence-electron chi connectivity index (χ1n) is 13.2. The monoisotopic (exact) mass is 569 g/mol. The number of piperidine rings is 2. The van der Waals surface area contributed by atoms with Crippen LogP contribution in [0.1, 0.15) is 31.2 Å². The van der Waals surface area contributed by atoms with Crippen LogP contribution < -0.4 is 5.32 Å². The van der Waals surface area contributed by atoms with E-state index in [1.807, 2.05) is 29.0 Å². The van der Waals surface area contributed by atoms with Crippen LogP contribution in [0.2, 0.25) is 0 Å². The molecule has 0 aliphatic carbocycles. The lowest BCUT2D eigenvalue weighted by atomic mass is 9.74. The number of fused-ring (bicyclic) bond motifs is 1. The molecule has 3 aliphatic heterocycles. The Morgan fingerprint density at radius 3 is 2.62 bits per heavy atom. The quantitative estimate of drug-likeness (QED) is 0.543. The number of nitrogens with zero attached hydrogens (tertiary/aromatic N) is 4. The number of benzene rings is 1. The maximum atomic E-state index is 13.5. The molecule has 3 aliphatic rings. The highest BCUT2D eigenvalue weighted by Gasteiger charge is 2.39. The van der Waals surface area contributed by atoms with Crippen molar-refractivity contribution in [3.8, 4) is 0 Å². The van der Waals surface area contributed by atoms with Crippen LogP contribution >= 0.6 is 15.9 Å². The average molecular weight is 571 g/mol. The van der Waals surface area contributed by atoms with Gasteiger partial charge in [0, 0.05) is 59.7 Å². The summed E-state index contributed by atoms with van der Waals surface area (Å²) in [4.78, 5) is 44.1. The smallest absolute Gasteiger partial charge is 0.246 e. The van der Waals surface area contributed by atoms with Crippen molar-refractivity contribution < 1.29 is 14.4 Å². The van der Waals surface area contributed by atoms with Crippen molar-refractivity contribution >= 4 is 44.6 Å². The standard InChI is InChI=1S/C28H36BrN5O3/c1-3-26(36)34-15-22(16-34)30-25(35)17-33-14-20(23-13-21(29)6-7-24(23)33)12-27(37)32-11-5-9-28(19-32)8-4-10-31(2)18-28/h3,6-7,13-14,22H,1,4-5,8-12,15-19H2,2H3,(H,30,35). The van der Waals surface area contributed by atoms with E-state index in [-0.39, 0.29) is 35.7 Å². The molecule has 0 bridgehead atoms. The van der Waals surface area contributed by atoms with E-state index in [2.05, 4.69) is 44.7 Å². The number of hydrogen-bond donors (Lipinski definition) is 1. The van der Waals surface area contributed by atoms with E-state index < -0.39 is 0 Å². The molecular weight excluding hydrogens is 534 g/mol. The summed E-state index contributed by atoms with van der Waals surface area (Å²) >= 11 is 3.57. The van der Waals surface area contributed by atoms with Crippen molar-refractivity contribution in [2.24, 2.45) is 5.41 Å². The van der Waals surface area contributed by atoms with Gasteiger partial charge in [-0.1, -0.05) is 22.5 Å². The molecule has 3 fully saturated rings. The Bertz CT molecular complexity index is 1220. The number of rotatable bonds is 6. The Hall–Kier alpha value is -2.65. The number of hydrogen-bond acceptors (Lipinski definition) is 4. The van der Waals surface area contributed by atoms with Gasteiger partial charge < -0.3 is 24.6 Å². The van der Waals surface area contributed by atoms with E-state index in [4.69, 9.17) is 0 Å². The third kappa shape index (κ3) is 5.62. The van der Waals surface area contributed by atoms with Gasteiger partial charge in [-0.05, 0) is 69.1 Å². The summed E-state index contributed by atoms with van der Waals surface area (Å²) in [5, 5.41) is 4.00. The highest BCUT2D eigenvalue weighted by atomic mass is 79.9. The first-order valence-corrected chi connectivity index (χ1v) is 14.0. The minimum Gasteiger partial charge on any atom is -0.348 e. The minimum absolute atomic E-state index is 0.0429. The largest absolute Gasteiger partial charge is 0.348 e. The molecule has 5 rings (SSSR count). The molecule has 0 radical (unpaired) electrons. The third-order valence-electron chi connectivity index (χ3n) is 8.18. The first kappa shape index (κ1) is 26.0. The number of nitrogens with one attached hydrogen (secondary N) is 1. The Morgan fingerprint density at radius 2 is 1.89 bits per heavy atom. The van der Waals surface area contributed by atoms with E-state index in [0.717, 1.165) is 53.5 Å². The summed E-state index contributed by atoms with van der Waals surface area (Å²) < 4.78 is 2.87. The second-order valence-corrected chi connectivity index (χ2v) is 12.0. The highest BCUT2D eigenvalue weighted by Crippen LogP contribution is 2.38. The number of halogens is 1. The molecule has 1 aromatic heterocycles. The van der Waals surface area contributed by atoms with Gasteiger partial charge >= 0.3 is 0 Å². The lowest BCUT2D eigenvalue weighted by Gasteiger charge is -2.47. The van der Waals surface area contributed by atoms with Crippen molar-refractivity contribution in [1.82, 2.24) is 24.6 Å². The Morgan fingerprint density at radius 1 is 1.14 bits per heavy atom. The number of likely N-dealkylation sites (tertiary alicyclic amines) is 3. The van der Waals surface area contributed by atoms with Crippen LogP contribution in [0.15, 0.2) is 41.5 Å². The van der Waals surface area contributed by atoms with Gasteiger partial charge in [-0.2, -0.15) is 0 Å². The fourth-order valence-corrected chi connectivity index (χ4v) is 6.77. The molecule has 198 valence electrons. The van der Waals surface area contributed by atoms with Gasteiger partial charge in [0.25, 0.3) is 0 Å². The van der Waals surface area contributed by atoms with E-state index >= 15 is 0 Å². The zero-order chi connectivity index (χ0) is 26.2. The second kappa shape index (κ2) is 10.6. The summed E-state index contributed by atoms with van der Waals surface area (Å²) in [6.07, 6.45) is 8.23. The molecule has 3 saturated heterocycles. The van der Waals surface area contributed by atoms with E-state index in [9.17, 15) is 14.4 Å². The lowest BCUT2D eigenvalue weighted by Crippen LogP contribution is -2.61. The van der Waals surface area contributed by atoms with E-state index in [1.165, 1.54) is 25.3 Å². The van der Waals surface area contributed by atoms with Crippen LogP contribution in [0.4, 0.5) is 0 Å². The molecule has 4 heterocycles. The fourth-order valence-electron chi connectivity index (χ4n) is 6.41. The van der Waals surface area contributed by atoms with E-state index in [1.54, 1.807) is 4.90 Å². The van der Waals surface area contributed by atoms with Crippen molar-refractivity contribution in [3.63, 3.8) is 0 Å². The normalized spacial score (nSPS) is 22.8. The number of carbonyl (C=O) groups is 3. The van der Waals surface area contributed by atoms with Gasteiger partial charge in [0.05, 0.1) is 12.5 Å². The predicted octanol–water partition coefficient (Wildman–Crippen LogP) is 2.79. The number of aromatic nitrogens is 1. The topological polar surface area (TPSA) is 77.9 Å². The van der Waals surface area contributed by atoms with Gasteiger partial charge in [0.1, 0.15) is 6.54 Å². The molecule has 9 heteroatoms. The van der Waals surface area contributed by atoms with Crippen LogP contribution in [0.3, 0.4) is 0 Å². The van der Waals surface area contributed by atoms with Crippen LogP contribution in [-0.2, 0) is 27.3 Å². The molecule has 1 aromatic carbocycles. The maximum Gasteiger partial charge on any atom is 0.246 e. The average Bonchev–Trinajstić information content (AvgIpc) is 3.16. The third-order valence-corrected chi connectivity index (χ3v) is 8.67. The minimum atomic E-state index is -0.114. The molecule has 8 nitrogen and oxygen atoms in total. The molecule has 37 heavy (non-hydrogen) atoms. The predicted molar refractivity (Wildman–Crippen MR) is 147 cm³/mol. The molecular formula is C28H36BrN5O3. The van der Waals surface area contributed by atoms with Gasteiger partial charge in [-0.3, -0.25) is 14.4 Å². The summed E-state index contributed by atoms with van der Waals surface area (Å²) in [7, 11) is 2.19. The molecule has 1 atom stereocenters. The van der Waals surface area contributed by atoms with Crippen LogP contribution in [0, 0.1) is 5.41 Å². The van der Waals surface area contributed by atoms with Crippen molar-refractivity contribution in [2.45, 2.75) is 44.7 Å². The first-order chi connectivity index (χ1) is 17.7. The fraction of sp³-hybridized carbons (Fsp3) is 0.536. The molecule has 0 saturated carbocycles. The number of amides is 3. The summed E-state index contributed by atoms with van der Waals surface area (Å²) in [5.74, 6) is -0.0538. The lowest BCUT2D eigenvalue weighted by molar-refractivity contribution is -0.135. The van der Waals surface area contributed by atoms with Gasteiger partial charge in [-0.25, -0.2) is 0 Å². The van der Waals surface area contributed by atoms with Gasteiger partial charge in [0.2, 0.25) is 17.7 Å². The Labute approximate surface area is 226 Å². The van der Waals surface area contributed by atoms with Crippen molar-refractivity contribution in [2.75, 3.05) is 46.3 Å².